The van der Waals surface area contributed by atoms with Gasteiger partial charge < -0.3 is 19.5 Å². The Balaban J connectivity index is 1.44. The molecule has 1 aliphatic rings. The molecule has 1 N–H and O–H groups in total. The van der Waals surface area contributed by atoms with Gasteiger partial charge in [-0.3, -0.25) is 9.59 Å². The molecule has 142 valence electrons. The predicted octanol–water partition coefficient (Wildman–Crippen LogP) is 3.17. The zero-order valence-electron chi connectivity index (χ0n) is 14.3. The van der Waals surface area contributed by atoms with E-state index >= 15 is 0 Å². The van der Waals surface area contributed by atoms with Gasteiger partial charge in [0.05, 0.1) is 6.42 Å². The van der Waals surface area contributed by atoms with Gasteiger partial charge in [-0.1, -0.05) is 35.3 Å². The Morgan fingerprint density at radius 2 is 1.81 bits per heavy atom. The lowest BCUT2D eigenvalue weighted by atomic mass is 10.1. The van der Waals surface area contributed by atoms with Crippen molar-refractivity contribution in [1.29, 1.82) is 0 Å². The van der Waals surface area contributed by atoms with Crippen molar-refractivity contribution in [2.75, 3.05) is 19.8 Å². The summed E-state index contributed by atoms with van der Waals surface area (Å²) in [5.74, 6) is 0.325. The molecule has 1 aliphatic heterocycles. The maximum atomic E-state index is 11.9. The van der Waals surface area contributed by atoms with Crippen LogP contribution in [0.2, 0.25) is 10.0 Å². The summed E-state index contributed by atoms with van der Waals surface area (Å²) in [6.45, 7) is 0.826. The average Bonchev–Trinajstić information content (AvgIpc) is 2.65. The summed E-state index contributed by atoms with van der Waals surface area (Å²) in [5.41, 5.74) is 1.44. The largest absolute Gasteiger partial charge is 0.486 e. The zero-order valence-corrected chi connectivity index (χ0v) is 15.8. The van der Waals surface area contributed by atoms with E-state index in [-0.39, 0.29) is 19.6 Å². The van der Waals surface area contributed by atoms with Crippen molar-refractivity contribution in [3.63, 3.8) is 0 Å². The van der Waals surface area contributed by atoms with Crippen LogP contribution in [0.5, 0.6) is 11.5 Å². The van der Waals surface area contributed by atoms with E-state index in [4.69, 9.17) is 37.4 Å². The van der Waals surface area contributed by atoms with E-state index in [1.54, 1.807) is 36.4 Å². The van der Waals surface area contributed by atoms with Gasteiger partial charge in [0.1, 0.15) is 13.2 Å². The van der Waals surface area contributed by atoms with Gasteiger partial charge in [0.2, 0.25) is 0 Å². The predicted molar refractivity (Wildman–Crippen MR) is 100 cm³/mol. The number of carbonyl (C=O) groups excluding carboxylic acids is 2. The fourth-order valence-corrected chi connectivity index (χ4v) is 2.95. The lowest BCUT2D eigenvalue weighted by Crippen LogP contribution is -2.28. The minimum absolute atomic E-state index is 0.0347. The normalized spacial score (nSPS) is 12.4. The standard InChI is InChI=1S/C19H17Cl2NO5/c20-14-3-2-13(15(21)9-14)10-22-18(23)11-27-19(24)8-12-1-4-16-17(7-12)26-6-5-25-16/h1-4,7,9H,5-6,8,10-11H2,(H,22,23). The number of hydrogen-bond acceptors (Lipinski definition) is 5. The van der Waals surface area contributed by atoms with E-state index in [1.165, 1.54) is 0 Å². The Morgan fingerprint density at radius 3 is 2.59 bits per heavy atom. The van der Waals surface area contributed by atoms with Gasteiger partial charge >= 0.3 is 5.97 Å². The lowest BCUT2D eigenvalue weighted by molar-refractivity contribution is -0.147. The highest BCUT2D eigenvalue weighted by Crippen LogP contribution is 2.30. The molecule has 27 heavy (non-hydrogen) atoms. The second kappa shape index (κ2) is 8.97. The molecule has 0 aliphatic carbocycles. The number of fused-ring (bicyclic) bond motifs is 1. The minimum atomic E-state index is -0.508. The van der Waals surface area contributed by atoms with Gasteiger partial charge in [0.15, 0.2) is 18.1 Å². The Hall–Kier alpha value is -2.44. The van der Waals surface area contributed by atoms with Crippen molar-refractivity contribution >= 4 is 35.1 Å². The molecule has 0 unspecified atom stereocenters. The van der Waals surface area contributed by atoms with E-state index < -0.39 is 11.9 Å². The van der Waals surface area contributed by atoms with E-state index in [1.807, 2.05) is 0 Å². The van der Waals surface area contributed by atoms with Gasteiger partial charge in [0.25, 0.3) is 5.91 Å². The summed E-state index contributed by atoms with van der Waals surface area (Å²) in [6.07, 6.45) is 0.0347. The van der Waals surface area contributed by atoms with Crippen molar-refractivity contribution in [3.8, 4) is 11.5 Å². The van der Waals surface area contributed by atoms with Crippen molar-refractivity contribution in [3.05, 3.63) is 57.6 Å². The number of nitrogens with one attached hydrogen (secondary N) is 1. The van der Waals surface area contributed by atoms with E-state index in [2.05, 4.69) is 5.32 Å². The van der Waals surface area contributed by atoms with Crippen LogP contribution in [0.3, 0.4) is 0 Å². The monoisotopic (exact) mass is 409 g/mol. The topological polar surface area (TPSA) is 73.9 Å². The molecular weight excluding hydrogens is 393 g/mol. The summed E-state index contributed by atoms with van der Waals surface area (Å²) >= 11 is 11.9. The third kappa shape index (κ3) is 5.52. The number of benzene rings is 2. The molecule has 0 saturated carbocycles. The van der Waals surface area contributed by atoms with Crippen LogP contribution in [0.25, 0.3) is 0 Å². The molecule has 6 nitrogen and oxygen atoms in total. The summed E-state index contributed by atoms with van der Waals surface area (Å²) in [7, 11) is 0. The van der Waals surface area contributed by atoms with Crippen LogP contribution in [0, 0.1) is 0 Å². The fourth-order valence-electron chi connectivity index (χ4n) is 2.47. The molecule has 3 rings (SSSR count). The van der Waals surface area contributed by atoms with E-state index in [0.29, 0.717) is 34.8 Å². The third-order valence-corrected chi connectivity index (χ3v) is 4.40. The maximum Gasteiger partial charge on any atom is 0.310 e. The number of carbonyl (C=O) groups is 2. The molecule has 0 spiro atoms. The lowest BCUT2D eigenvalue weighted by Gasteiger charge is -2.18. The molecule has 0 saturated heterocycles. The maximum absolute atomic E-state index is 11.9. The van der Waals surface area contributed by atoms with Crippen molar-refractivity contribution in [2.45, 2.75) is 13.0 Å². The number of amides is 1. The summed E-state index contributed by atoms with van der Waals surface area (Å²) in [5, 5.41) is 3.61. The summed E-state index contributed by atoms with van der Waals surface area (Å²) in [4.78, 5) is 23.8. The SMILES string of the molecule is O=C(COC(=O)Cc1ccc2c(c1)OCCO2)NCc1ccc(Cl)cc1Cl. The summed E-state index contributed by atoms with van der Waals surface area (Å²) < 4.78 is 15.9. The highest BCUT2D eigenvalue weighted by atomic mass is 35.5. The molecule has 8 heteroatoms. The van der Waals surface area contributed by atoms with Gasteiger partial charge in [-0.2, -0.15) is 0 Å². The molecule has 0 radical (unpaired) electrons. The van der Waals surface area contributed by atoms with Crippen LogP contribution in [-0.4, -0.2) is 31.7 Å². The molecule has 2 aromatic rings. The molecule has 1 heterocycles. The molecule has 1 amide bonds. The van der Waals surface area contributed by atoms with E-state index in [9.17, 15) is 9.59 Å². The minimum Gasteiger partial charge on any atom is -0.486 e. The van der Waals surface area contributed by atoms with Crippen LogP contribution in [-0.2, 0) is 27.3 Å². The zero-order chi connectivity index (χ0) is 19.2. The van der Waals surface area contributed by atoms with E-state index in [0.717, 1.165) is 11.1 Å². The highest BCUT2D eigenvalue weighted by Gasteiger charge is 2.14. The van der Waals surface area contributed by atoms with Crippen LogP contribution in [0.1, 0.15) is 11.1 Å². The highest BCUT2D eigenvalue weighted by molar-refractivity contribution is 6.35. The Labute approximate surface area is 166 Å². The number of halogens is 2. The smallest absolute Gasteiger partial charge is 0.310 e. The van der Waals surface area contributed by atoms with Crippen molar-refractivity contribution in [2.24, 2.45) is 0 Å². The number of hydrogen-bond donors (Lipinski definition) is 1. The quantitative estimate of drug-likeness (QED) is 0.741. The average molecular weight is 410 g/mol. The van der Waals surface area contributed by atoms with Gasteiger partial charge in [0, 0.05) is 16.6 Å². The van der Waals surface area contributed by atoms with Crippen molar-refractivity contribution < 1.29 is 23.8 Å². The first kappa shape index (κ1) is 19.3. The van der Waals surface area contributed by atoms with Crippen molar-refractivity contribution in [1.82, 2.24) is 5.32 Å². The number of rotatable bonds is 6. The first-order valence-corrected chi connectivity index (χ1v) is 9.01. The Bertz CT molecular complexity index is 856. The molecule has 0 aromatic heterocycles. The second-order valence-electron chi connectivity index (χ2n) is 5.83. The molecule has 0 bridgehead atoms. The first-order valence-electron chi connectivity index (χ1n) is 8.26. The number of esters is 1. The van der Waals surface area contributed by atoms with Crippen LogP contribution in [0.15, 0.2) is 36.4 Å². The van der Waals surface area contributed by atoms with Crippen LogP contribution >= 0.6 is 23.2 Å². The molecule has 0 atom stereocenters. The fraction of sp³-hybridized carbons (Fsp3) is 0.263. The van der Waals surface area contributed by atoms with Crippen LogP contribution in [0.4, 0.5) is 0 Å². The van der Waals surface area contributed by atoms with Gasteiger partial charge in [-0.25, -0.2) is 0 Å². The van der Waals surface area contributed by atoms with Gasteiger partial charge in [-0.15, -0.1) is 0 Å². The molecule has 0 fully saturated rings. The summed E-state index contributed by atoms with van der Waals surface area (Å²) in [6, 6.07) is 10.2. The number of ether oxygens (including phenoxy) is 3. The molecular formula is C19H17Cl2NO5. The molecule has 2 aromatic carbocycles. The Kier molecular flexibility index (Phi) is 6.42. The first-order chi connectivity index (χ1) is 13.0. The second-order valence-corrected chi connectivity index (χ2v) is 6.67. The van der Waals surface area contributed by atoms with Gasteiger partial charge in [-0.05, 0) is 35.4 Å². The Morgan fingerprint density at radius 1 is 1.04 bits per heavy atom. The third-order valence-electron chi connectivity index (χ3n) is 3.81. The van der Waals surface area contributed by atoms with Crippen LogP contribution < -0.4 is 14.8 Å².